The maximum absolute atomic E-state index is 5.72. The average molecular weight is 181 g/mol. The van der Waals surface area contributed by atoms with Gasteiger partial charge in [-0.15, -0.1) is 0 Å². The summed E-state index contributed by atoms with van der Waals surface area (Å²) in [6, 6.07) is 1.97. The summed E-state index contributed by atoms with van der Waals surface area (Å²) in [5, 5.41) is 0. The maximum Gasteiger partial charge on any atom is 0.116 e. The van der Waals surface area contributed by atoms with Crippen molar-refractivity contribution in [1.82, 2.24) is 0 Å². The van der Waals surface area contributed by atoms with Gasteiger partial charge < -0.3 is 14.9 Å². The van der Waals surface area contributed by atoms with Crippen LogP contribution in [0, 0.1) is 0 Å². The zero-order valence-corrected chi connectivity index (χ0v) is 7.88. The van der Waals surface area contributed by atoms with Crippen molar-refractivity contribution in [3.8, 4) is 0 Å². The first-order valence-electron chi connectivity index (χ1n) is 4.58. The molecule has 1 aliphatic carbocycles. The largest absolute Gasteiger partial charge is 0.468 e. The van der Waals surface area contributed by atoms with Crippen molar-refractivity contribution < 1.29 is 9.15 Å². The van der Waals surface area contributed by atoms with Gasteiger partial charge in [0.25, 0.3) is 0 Å². The fraction of sp³-hybridized carbons (Fsp3) is 0.600. The summed E-state index contributed by atoms with van der Waals surface area (Å²) in [6.45, 7) is 1.30. The number of ether oxygens (including phenoxy) is 1. The molecule has 3 heteroatoms. The summed E-state index contributed by atoms with van der Waals surface area (Å²) in [5.41, 5.74) is 7.00. The van der Waals surface area contributed by atoms with Gasteiger partial charge in [0.15, 0.2) is 0 Å². The Labute approximate surface area is 77.9 Å². The molecule has 1 aliphatic rings. The Kier molecular flexibility index (Phi) is 2.14. The molecule has 0 radical (unpaired) electrons. The van der Waals surface area contributed by atoms with E-state index in [9.17, 15) is 0 Å². The molecule has 0 bridgehead atoms. The molecular weight excluding hydrogens is 166 g/mol. The number of hydrogen-bond donors (Lipinski definition) is 1. The summed E-state index contributed by atoms with van der Waals surface area (Å²) >= 11 is 0. The lowest BCUT2D eigenvalue weighted by molar-refractivity contribution is 0.182. The predicted octanol–water partition coefficient (Wildman–Crippen LogP) is 1.42. The van der Waals surface area contributed by atoms with Crippen LogP contribution in [0.2, 0.25) is 0 Å². The first-order chi connectivity index (χ1) is 6.32. The Balaban J connectivity index is 2.24. The smallest absolute Gasteiger partial charge is 0.116 e. The normalized spacial score (nSPS) is 18.9. The quantitative estimate of drug-likeness (QED) is 0.764. The van der Waals surface area contributed by atoms with Crippen LogP contribution in [0.4, 0.5) is 0 Å². The van der Waals surface area contributed by atoms with Crippen molar-refractivity contribution in [3.05, 3.63) is 23.7 Å². The van der Waals surface area contributed by atoms with E-state index in [2.05, 4.69) is 0 Å². The van der Waals surface area contributed by atoms with Crippen molar-refractivity contribution in [1.29, 1.82) is 0 Å². The third kappa shape index (κ3) is 1.38. The van der Waals surface area contributed by atoms with E-state index >= 15 is 0 Å². The van der Waals surface area contributed by atoms with E-state index in [1.165, 1.54) is 0 Å². The molecule has 1 fully saturated rings. The highest BCUT2D eigenvalue weighted by Crippen LogP contribution is 2.48. The molecular formula is C10H15NO2. The average Bonchev–Trinajstić information content (AvgIpc) is 2.82. The highest BCUT2D eigenvalue weighted by molar-refractivity contribution is 5.30. The Morgan fingerprint density at radius 3 is 2.92 bits per heavy atom. The molecule has 0 atom stereocenters. The zero-order chi connectivity index (χ0) is 9.31. The summed E-state index contributed by atoms with van der Waals surface area (Å²) < 4.78 is 10.6. The third-order valence-electron chi connectivity index (χ3n) is 2.77. The SMILES string of the molecule is COCc1ccoc1C1(CN)CC1. The minimum atomic E-state index is 0.136. The van der Waals surface area contributed by atoms with Gasteiger partial charge in [-0.1, -0.05) is 0 Å². The summed E-state index contributed by atoms with van der Waals surface area (Å²) in [4.78, 5) is 0. The number of furan rings is 1. The van der Waals surface area contributed by atoms with Crippen LogP contribution < -0.4 is 5.73 Å². The molecule has 72 valence electrons. The molecule has 1 heterocycles. The number of hydrogen-bond acceptors (Lipinski definition) is 3. The van der Waals surface area contributed by atoms with Gasteiger partial charge in [0.05, 0.1) is 12.9 Å². The summed E-state index contributed by atoms with van der Waals surface area (Å²) in [6.07, 6.45) is 4.01. The molecule has 2 N–H and O–H groups in total. The van der Waals surface area contributed by atoms with Crippen LogP contribution in [-0.4, -0.2) is 13.7 Å². The predicted molar refractivity (Wildman–Crippen MR) is 49.4 cm³/mol. The molecule has 1 aromatic rings. The fourth-order valence-corrected chi connectivity index (χ4v) is 1.75. The molecule has 0 amide bonds. The Hall–Kier alpha value is -0.800. The molecule has 2 rings (SSSR count). The third-order valence-corrected chi connectivity index (χ3v) is 2.77. The standard InChI is InChI=1S/C10H15NO2/c1-12-6-8-2-5-13-9(8)10(7-11)3-4-10/h2,5H,3-4,6-7,11H2,1H3. The molecule has 3 nitrogen and oxygen atoms in total. The van der Waals surface area contributed by atoms with Gasteiger partial charge in [0.1, 0.15) is 5.76 Å². The second-order valence-electron chi connectivity index (χ2n) is 3.69. The van der Waals surface area contributed by atoms with E-state index < -0.39 is 0 Å². The van der Waals surface area contributed by atoms with E-state index in [1.807, 2.05) is 6.07 Å². The van der Waals surface area contributed by atoms with E-state index in [1.54, 1.807) is 13.4 Å². The van der Waals surface area contributed by atoms with Crippen LogP contribution in [0.25, 0.3) is 0 Å². The second-order valence-corrected chi connectivity index (χ2v) is 3.69. The number of nitrogens with two attached hydrogens (primary N) is 1. The monoisotopic (exact) mass is 181 g/mol. The van der Waals surface area contributed by atoms with Gasteiger partial charge in [-0.05, 0) is 18.9 Å². The van der Waals surface area contributed by atoms with Crippen molar-refractivity contribution in [2.24, 2.45) is 5.73 Å². The second kappa shape index (κ2) is 3.16. The fourth-order valence-electron chi connectivity index (χ4n) is 1.75. The Bertz CT molecular complexity index is 289. The minimum Gasteiger partial charge on any atom is -0.468 e. The zero-order valence-electron chi connectivity index (χ0n) is 7.88. The molecule has 1 saturated carbocycles. The van der Waals surface area contributed by atoms with Crippen molar-refractivity contribution in [2.45, 2.75) is 24.9 Å². The highest BCUT2D eigenvalue weighted by atomic mass is 16.5. The van der Waals surface area contributed by atoms with Crippen LogP contribution in [0.3, 0.4) is 0 Å². The van der Waals surface area contributed by atoms with Gasteiger partial charge in [0.2, 0.25) is 0 Å². The van der Waals surface area contributed by atoms with Gasteiger partial charge in [0, 0.05) is 24.6 Å². The molecule has 0 unspecified atom stereocenters. The molecule has 0 spiro atoms. The lowest BCUT2D eigenvalue weighted by atomic mass is 10.0. The summed E-state index contributed by atoms with van der Waals surface area (Å²) in [7, 11) is 1.69. The number of methoxy groups -OCH3 is 1. The van der Waals surface area contributed by atoms with Gasteiger partial charge >= 0.3 is 0 Å². The highest BCUT2D eigenvalue weighted by Gasteiger charge is 2.46. The topological polar surface area (TPSA) is 48.4 Å². The maximum atomic E-state index is 5.72. The van der Waals surface area contributed by atoms with Gasteiger partial charge in [-0.25, -0.2) is 0 Å². The lowest BCUT2D eigenvalue weighted by Crippen LogP contribution is -2.20. The Morgan fingerprint density at radius 1 is 1.62 bits per heavy atom. The summed E-state index contributed by atoms with van der Waals surface area (Å²) in [5.74, 6) is 1.04. The number of rotatable bonds is 4. The van der Waals surface area contributed by atoms with Crippen LogP contribution in [0.1, 0.15) is 24.2 Å². The van der Waals surface area contributed by atoms with Crippen molar-refractivity contribution >= 4 is 0 Å². The first-order valence-corrected chi connectivity index (χ1v) is 4.58. The van der Waals surface area contributed by atoms with Crippen LogP contribution in [0.15, 0.2) is 16.7 Å². The molecule has 0 aromatic carbocycles. The molecule has 0 aliphatic heterocycles. The van der Waals surface area contributed by atoms with Crippen LogP contribution in [-0.2, 0) is 16.8 Å². The first kappa shape index (κ1) is 8.78. The minimum absolute atomic E-state index is 0.136. The lowest BCUT2D eigenvalue weighted by Gasteiger charge is -2.10. The molecule has 1 aromatic heterocycles. The van der Waals surface area contributed by atoms with Crippen molar-refractivity contribution in [3.63, 3.8) is 0 Å². The Morgan fingerprint density at radius 2 is 2.38 bits per heavy atom. The van der Waals surface area contributed by atoms with Crippen LogP contribution >= 0.6 is 0 Å². The van der Waals surface area contributed by atoms with E-state index in [-0.39, 0.29) is 5.41 Å². The van der Waals surface area contributed by atoms with E-state index in [0.717, 1.165) is 24.2 Å². The molecule has 0 saturated heterocycles. The van der Waals surface area contributed by atoms with Gasteiger partial charge in [-0.3, -0.25) is 0 Å². The van der Waals surface area contributed by atoms with Crippen LogP contribution in [0.5, 0.6) is 0 Å². The van der Waals surface area contributed by atoms with Crippen molar-refractivity contribution in [2.75, 3.05) is 13.7 Å². The van der Waals surface area contributed by atoms with Gasteiger partial charge in [-0.2, -0.15) is 0 Å². The van der Waals surface area contributed by atoms with E-state index in [0.29, 0.717) is 13.2 Å². The van der Waals surface area contributed by atoms with E-state index in [4.69, 9.17) is 14.9 Å². The molecule has 13 heavy (non-hydrogen) atoms.